The normalized spacial score (nSPS) is 19.2. The first-order valence-electron chi connectivity index (χ1n) is 5.73. The summed E-state index contributed by atoms with van der Waals surface area (Å²) in [5.74, 6) is 0.968. The van der Waals surface area contributed by atoms with E-state index in [4.69, 9.17) is 0 Å². The van der Waals surface area contributed by atoms with E-state index < -0.39 is 0 Å². The van der Waals surface area contributed by atoms with E-state index in [2.05, 4.69) is 33.3 Å². The summed E-state index contributed by atoms with van der Waals surface area (Å²) in [5, 5.41) is 3.37. The molecule has 0 bridgehead atoms. The van der Waals surface area contributed by atoms with E-state index in [0.29, 0.717) is 6.04 Å². The van der Waals surface area contributed by atoms with Crippen molar-refractivity contribution in [3.8, 4) is 0 Å². The topological polar surface area (TPSA) is 44.0 Å². The van der Waals surface area contributed by atoms with Crippen LogP contribution in [-0.4, -0.2) is 36.1 Å². The first kappa shape index (κ1) is 12.2. The number of nitrogens with one attached hydrogen (secondary N) is 2. The monoisotopic (exact) mass is 252 g/mol. The van der Waals surface area contributed by atoms with Crippen molar-refractivity contribution in [2.24, 2.45) is 0 Å². The van der Waals surface area contributed by atoms with Gasteiger partial charge in [0.25, 0.3) is 0 Å². The first-order valence-corrected chi connectivity index (χ1v) is 5.73. The Hall–Kier alpha value is -1.26. The Morgan fingerprint density at radius 3 is 2.88 bits per heavy atom. The van der Waals surface area contributed by atoms with E-state index in [1.54, 1.807) is 0 Å². The van der Waals surface area contributed by atoms with Gasteiger partial charge in [-0.3, -0.25) is 0 Å². The minimum absolute atomic E-state index is 0. The fourth-order valence-electron chi connectivity index (χ4n) is 2.25. The van der Waals surface area contributed by atoms with Crippen LogP contribution in [0.4, 0.5) is 5.95 Å². The number of hydrogen-bond donors (Lipinski definition) is 2. The molecule has 1 saturated heterocycles. The van der Waals surface area contributed by atoms with Gasteiger partial charge in [-0.25, -0.2) is 4.98 Å². The molecule has 17 heavy (non-hydrogen) atoms. The summed E-state index contributed by atoms with van der Waals surface area (Å²) in [6, 6.07) is 8.70. The molecule has 1 aromatic carbocycles. The van der Waals surface area contributed by atoms with Gasteiger partial charge in [0.15, 0.2) is 0 Å². The van der Waals surface area contributed by atoms with Gasteiger partial charge in [-0.2, -0.15) is 0 Å². The van der Waals surface area contributed by atoms with E-state index in [1.807, 2.05) is 18.2 Å². The summed E-state index contributed by atoms with van der Waals surface area (Å²) in [5.41, 5.74) is 2.14. The fourth-order valence-corrected chi connectivity index (χ4v) is 2.25. The second kappa shape index (κ2) is 4.94. The van der Waals surface area contributed by atoms with Crippen molar-refractivity contribution in [3.63, 3.8) is 0 Å². The molecule has 0 amide bonds. The van der Waals surface area contributed by atoms with E-state index in [1.165, 1.54) is 6.42 Å². The van der Waals surface area contributed by atoms with Crippen LogP contribution in [0, 0.1) is 0 Å². The SMILES string of the molecule is CN(c1nc2ccccc2[nH]1)[C@@H]1CCNC1.Cl. The van der Waals surface area contributed by atoms with Crippen molar-refractivity contribution >= 4 is 29.4 Å². The second-order valence-electron chi connectivity index (χ2n) is 4.34. The molecule has 5 heteroatoms. The lowest BCUT2D eigenvalue weighted by Gasteiger charge is -2.22. The minimum atomic E-state index is 0. The van der Waals surface area contributed by atoms with Crippen LogP contribution in [0.3, 0.4) is 0 Å². The predicted molar refractivity (Wildman–Crippen MR) is 73.0 cm³/mol. The second-order valence-corrected chi connectivity index (χ2v) is 4.34. The van der Waals surface area contributed by atoms with Gasteiger partial charge in [-0.05, 0) is 25.1 Å². The van der Waals surface area contributed by atoms with Crippen LogP contribution >= 0.6 is 12.4 Å². The van der Waals surface area contributed by atoms with Crippen LogP contribution in [0.15, 0.2) is 24.3 Å². The maximum Gasteiger partial charge on any atom is 0.203 e. The lowest BCUT2D eigenvalue weighted by atomic mass is 10.2. The molecule has 1 fully saturated rings. The Kier molecular flexibility index (Phi) is 3.54. The number of rotatable bonds is 2. The highest BCUT2D eigenvalue weighted by Crippen LogP contribution is 2.19. The number of halogens is 1. The van der Waals surface area contributed by atoms with Crippen LogP contribution in [0.25, 0.3) is 11.0 Å². The summed E-state index contributed by atoms with van der Waals surface area (Å²) in [7, 11) is 2.11. The summed E-state index contributed by atoms with van der Waals surface area (Å²) in [4.78, 5) is 10.2. The molecule has 4 nitrogen and oxygen atoms in total. The molecule has 0 unspecified atom stereocenters. The third kappa shape index (κ3) is 2.23. The van der Waals surface area contributed by atoms with Crippen LogP contribution in [0.5, 0.6) is 0 Å². The highest BCUT2D eigenvalue weighted by molar-refractivity contribution is 5.85. The molecule has 0 saturated carbocycles. The largest absolute Gasteiger partial charge is 0.341 e. The number of hydrogen-bond acceptors (Lipinski definition) is 3. The maximum atomic E-state index is 4.60. The number of imidazole rings is 1. The maximum absolute atomic E-state index is 4.60. The number of aromatic amines is 1. The summed E-state index contributed by atoms with van der Waals surface area (Å²) >= 11 is 0. The zero-order chi connectivity index (χ0) is 11.0. The van der Waals surface area contributed by atoms with Crippen LogP contribution < -0.4 is 10.2 Å². The predicted octanol–water partition coefficient (Wildman–Crippen LogP) is 1.78. The Labute approximate surface area is 107 Å². The quantitative estimate of drug-likeness (QED) is 0.857. The molecule has 1 aromatic heterocycles. The van der Waals surface area contributed by atoms with Gasteiger partial charge in [-0.1, -0.05) is 12.1 Å². The van der Waals surface area contributed by atoms with Crippen molar-refractivity contribution in [3.05, 3.63) is 24.3 Å². The molecule has 0 spiro atoms. The smallest absolute Gasteiger partial charge is 0.203 e. The Morgan fingerprint density at radius 1 is 1.35 bits per heavy atom. The van der Waals surface area contributed by atoms with Gasteiger partial charge in [0.2, 0.25) is 5.95 Å². The van der Waals surface area contributed by atoms with Gasteiger partial charge < -0.3 is 15.2 Å². The number of nitrogens with zero attached hydrogens (tertiary/aromatic N) is 2. The van der Waals surface area contributed by atoms with Gasteiger partial charge in [0.05, 0.1) is 11.0 Å². The molecule has 1 aliphatic heterocycles. The van der Waals surface area contributed by atoms with Gasteiger partial charge in [-0.15, -0.1) is 12.4 Å². The van der Waals surface area contributed by atoms with Crippen molar-refractivity contribution < 1.29 is 0 Å². The van der Waals surface area contributed by atoms with Gasteiger partial charge in [0, 0.05) is 19.6 Å². The lowest BCUT2D eigenvalue weighted by Crippen LogP contribution is -2.34. The molecule has 92 valence electrons. The van der Waals surface area contributed by atoms with E-state index >= 15 is 0 Å². The molecule has 2 N–H and O–H groups in total. The van der Waals surface area contributed by atoms with Gasteiger partial charge >= 0.3 is 0 Å². The third-order valence-electron chi connectivity index (χ3n) is 3.29. The molecule has 3 rings (SSSR count). The van der Waals surface area contributed by atoms with Crippen LogP contribution in [0.1, 0.15) is 6.42 Å². The van der Waals surface area contributed by atoms with E-state index in [9.17, 15) is 0 Å². The van der Waals surface area contributed by atoms with Crippen LogP contribution in [0.2, 0.25) is 0 Å². The van der Waals surface area contributed by atoms with Crippen molar-refractivity contribution in [1.29, 1.82) is 0 Å². The highest BCUT2D eigenvalue weighted by Gasteiger charge is 2.21. The Morgan fingerprint density at radius 2 is 2.18 bits per heavy atom. The zero-order valence-corrected chi connectivity index (χ0v) is 10.6. The minimum Gasteiger partial charge on any atom is -0.341 e. The summed E-state index contributed by atoms with van der Waals surface area (Å²) in [6.45, 7) is 2.16. The lowest BCUT2D eigenvalue weighted by molar-refractivity contribution is 0.672. The average Bonchev–Trinajstić information content (AvgIpc) is 2.97. The molecular formula is C12H17ClN4. The van der Waals surface area contributed by atoms with Crippen molar-refractivity contribution in [2.75, 3.05) is 25.0 Å². The van der Waals surface area contributed by atoms with Crippen molar-refractivity contribution in [1.82, 2.24) is 15.3 Å². The number of para-hydroxylation sites is 2. The highest BCUT2D eigenvalue weighted by atomic mass is 35.5. The molecule has 2 heterocycles. The average molecular weight is 253 g/mol. The number of H-pyrrole nitrogens is 1. The zero-order valence-electron chi connectivity index (χ0n) is 9.81. The summed E-state index contributed by atoms with van der Waals surface area (Å²) < 4.78 is 0. The number of fused-ring (bicyclic) bond motifs is 1. The fraction of sp³-hybridized carbons (Fsp3) is 0.417. The standard InChI is InChI=1S/C12H16N4.ClH/c1-16(9-6-7-13-8-9)12-14-10-4-2-3-5-11(10)15-12;/h2-5,9,13H,6-8H2,1H3,(H,14,15);1H/t9-;/m1./s1. The molecule has 0 radical (unpaired) electrons. The summed E-state index contributed by atoms with van der Waals surface area (Å²) in [6.07, 6.45) is 1.19. The molecular weight excluding hydrogens is 236 g/mol. The molecule has 0 aliphatic carbocycles. The third-order valence-corrected chi connectivity index (χ3v) is 3.29. The Bertz CT molecular complexity index is 457. The molecule has 1 atom stereocenters. The first-order chi connectivity index (χ1) is 7.84. The number of aromatic nitrogens is 2. The number of benzene rings is 1. The van der Waals surface area contributed by atoms with E-state index in [0.717, 1.165) is 30.1 Å². The van der Waals surface area contributed by atoms with Crippen molar-refractivity contribution in [2.45, 2.75) is 12.5 Å². The number of anilines is 1. The number of likely N-dealkylation sites (N-methyl/N-ethyl adjacent to an activating group) is 1. The Balaban J connectivity index is 0.00000108. The van der Waals surface area contributed by atoms with Crippen LogP contribution in [-0.2, 0) is 0 Å². The van der Waals surface area contributed by atoms with E-state index in [-0.39, 0.29) is 12.4 Å². The van der Waals surface area contributed by atoms with Gasteiger partial charge in [0.1, 0.15) is 0 Å². The molecule has 1 aliphatic rings. The molecule has 2 aromatic rings.